The summed E-state index contributed by atoms with van der Waals surface area (Å²) >= 11 is 0. The summed E-state index contributed by atoms with van der Waals surface area (Å²) in [6, 6.07) is 6.15. The van der Waals surface area contributed by atoms with Gasteiger partial charge in [-0.05, 0) is 55.0 Å². The van der Waals surface area contributed by atoms with Gasteiger partial charge in [-0.3, -0.25) is 9.89 Å². The lowest BCUT2D eigenvalue weighted by atomic mass is 10.1. The van der Waals surface area contributed by atoms with Crippen LogP contribution >= 0.6 is 0 Å². The minimum Gasteiger partial charge on any atom is -0.321 e. The van der Waals surface area contributed by atoms with Gasteiger partial charge >= 0.3 is 0 Å². The molecule has 1 aromatic carbocycles. The number of nitrogens with one attached hydrogen (secondary N) is 2. The lowest BCUT2D eigenvalue weighted by Crippen LogP contribution is -2.13. The van der Waals surface area contributed by atoms with Crippen molar-refractivity contribution >= 4 is 11.6 Å². The predicted octanol–water partition coefficient (Wildman–Crippen LogP) is 2.46. The number of hydrogen-bond acceptors (Lipinski definition) is 2. The Bertz CT molecular complexity index is 601. The first-order valence-corrected chi connectivity index (χ1v) is 6.17. The average Bonchev–Trinajstić information content (AvgIpc) is 2.96. The second-order valence-electron chi connectivity index (χ2n) is 4.72. The van der Waals surface area contributed by atoms with E-state index in [0.29, 0.717) is 5.69 Å². The van der Waals surface area contributed by atoms with Crippen LogP contribution in [0.2, 0.25) is 0 Å². The number of H-pyrrole nitrogens is 1. The Labute approximate surface area is 105 Å². The number of rotatable bonds is 2. The summed E-state index contributed by atoms with van der Waals surface area (Å²) in [4.78, 5) is 12.0. The van der Waals surface area contributed by atoms with Gasteiger partial charge in [-0.15, -0.1) is 0 Å². The molecule has 4 nitrogen and oxygen atoms in total. The van der Waals surface area contributed by atoms with Crippen LogP contribution in [-0.2, 0) is 12.8 Å². The third-order valence-electron chi connectivity index (χ3n) is 3.41. The number of carbonyl (C=O) groups is 1. The molecule has 1 aliphatic carbocycles. The SMILES string of the molecule is Cc1cn[nH]c1C(=O)Nc1ccc2c(c1)CCC2. The first kappa shape index (κ1) is 11.0. The van der Waals surface area contributed by atoms with Crippen molar-refractivity contribution in [2.24, 2.45) is 0 Å². The molecular formula is C14H15N3O. The van der Waals surface area contributed by atoms with Gasteiger partial charge in [-0.2, -0.15) is 5.10 Å². The molecular weight excluding hydrogens is 226 g/mol. The Kier molecular flexibility index (Phi) is 2.63. The van der Waals surface area contributed by atoms with E-state index < -0.39 is 0 Å². The second-order valence-corrected chi connectivity index (χ2v) is 4.72. The van der Waals surface area contributed by atoms with E-state index in [1.807, 2.05) is 13.0 Å². The predicted molar refractivity (Wildman–Crippen MR) is 69.7 cm³/mol. The highest BCUT2D eigenvalue weighted by molar-refractivity contribution is 6.03. The fourth-order valence-corrected chi connectivity index (χ4v) is 2.42. The number of nitrogens with zero attached hydrogens (tertiary/aromatic N) is 1. The molecule has 2 aromatic rings. The molecule has 0 fully saturated rings. The van der Waals surface area contributed by atoms with Crippen LogP contribution in [0.25, 0.3) is 0 Å². The second kappa shape index (κ2) is 4.29. The maximum atomic E-state index is 12.0. The Balaban J connectivity index is 1.81. The van der Waals surface area contributed by atoms with Crippen LogP contribution in [0, 0.1) is 6.92 Å². The van der Waals surface area contributed by atoms with E-state index in [4.69, 9.17) is 0 Å². The summed E-state index contributed by atoms with van der Waals surface area (Å²) in [6.07, 6.45) is 5.13. The summed E-state index contributed by atoms with van der Waals surface area (Å²) < 4.78 is 0. The van der Waals surface area contributed by atoms with E-state index in [1.165, 1.54) is 17.5 Å². The Morgan fingerprint density at radius 2 is 2.17 bits per heavy atom. The van der Waals surface area contributed by atoms with Crippen LogP contribution in [0.5, 0.6) is 0 Å². The van der Waals surface area contributed by atoms with Crippen LogP contribution < -0.4 is 5.32 Å². The van der Waals surface area contributed by atoms with Gasteiger partial charge in [0.05, 0.1) is 6.20 Å². The van der Waals surface area contributed by atoms with Crippen LogP contribution in [0.3, 0.4) is 0 Å². The lowest BCUT2D eigenvalue weighted by Gasteiger charge is -2.06. The van der Waals surface area contributed by atoms with Gasteiger partial charge in [0.1, 0.15) is 5.69 Å². The van der Waals surface area contributed by atoms with Crippen LogP contribution in [0.4, 0.5) is 5.69 Å². The molecule has 1 heterocycles. The molecule has 1 aliphatic rings. The fraction of sp³-hybridized carbons (Fsp3) is 0.286. The Hall–Kier alpha value is -2.10. The molecule has 0 bridgehead atoms. The van der Waals surface area contributed by atoms with E-state index in [1.54, 1.807) is 6.20 Å². The van der Waals surface area contributed by atoms with Gasteiger partial charge in [0.2, 0.25) is 0 Å². The molecule has 0 atom stereocenters. The molecule has 0 saturated carbocycles. The molecule has 18 heavy (non-hydrogen) atoms. The minimum absolute atomic E-state index is 0.136. The first-order chi connectivity index (χ1) is 8.74. The molecule has 3 rings (SSSR count). The highest BCUT2D eigenvalue weighted by Gasteiger charge is 2.14. The smallest absolute Gasteiger partial charge is 0.273 e. The maximum Gasteiger partial charge on any atom is 0.273 e. The van der Waals surface area contributed by atoms with Crippen LogP contribution in [-0.4, -0.2) is 16.1 Å². The number of anilines is 1. The van der Waals surface area contributed by atoms with Gasteiger partial charge in [-0.25, -0.2) is 0 Å². The van der Waals surface area contributed by atoms with Crippen molar-refractivity contribution in [3.8, 4) is 0 Å². The lowest BCUT2D eigenvalue weighted by molar-refractivity contribution is 0.102. The number of benzene rings is 1. The molecule has 0 unspecified atom stereocenters. The Morgan fingerprint density at radius 3 is 2.94 bits per heavy atom. The van der Waals surface area contributed by atoms with Crippen LogP contribution in [0.1, 0.15) is 33.6 Å². The highest BCUT2D eigenvalue weighted by Crippen LogP contribution is 2.25. The monoisotopic (exact) mass is 241 g/mol. The van der Waals surface area contributed by atoms with Crippen molar-refractivity contribution in [3.05, 3.63) is 46.8 Å². The number of aromatic amines is 1. The number of carbonyl (C=O) groups excluding carboxylic acids is 1. The van der Waals surface area contributed by atoms with E-state index in [2.05, 4.69) is 27.6 Å². The molecule has 1 amide bonds. The zero-order chi connectivity index (χ0) is 12.5. The third-order valence-corrected chi connectivity index (χ3v) is 3.41. The van der Waals surface area contributed by atoms with Crippen molar-refractivity contribution in [3.63, 3.8) is 0 Å². The topological polar surface area (TPSA) is 57.8 Å². The number of aryl methyl sites for hydroxylation is 3. The van der Waals surface area contributed by atoms with E-state index in [-0.39, 0.29) is 5.91 Å². The van der Waals surface area contributed by atoms with E-state index >= 15 is 0 Å². The molecule has 0 saturated heterocycles. The van der Waals surface area contributed by atoms with Gasteiger partial charge < -0.3 is 5.32 Å². The molecule has 1 aromatic heterocycles. The summed E-state index contributed by atoms with van der Waals surface area (Å²) in [5.41, 5.74) is 5.00. The number of amides is 1. The zero-order valence-corrected chi connectivity index (χ0v) is 10.3. The molecule has 4 heteroatoms. The summed E-state index contributed by atoms with van der Waals surface area (Å²) in [7, 11) is 0. The number of aromatic nitrogens is 2. The van der Waals surface area contributed by atoms with Crippen molar-refractivity contribution in [2.75, 3.05) is 5.32 Å². The van der Waals surface area contributed by atoms with Gasteiger partial charge in [-0.1, -0.05) is 6.07 Å². The maximum absolute atomic E-state index is 12.0. The number of fused-ring (bicyclic) bond motifs is 1. The molecule has 92 valence electrons. The summed E-state index contributed by atoms with van der Waals surface area (Å²) in [5, 5.41) is 9.48. The summed E-state index contributed by atoms with van der Waals surface area (Å²) in [6.45, 7) is 1.86. The van der Waals surface area contributed by atoms with Gasteiger partial charge in [0.15, 0.2) is 0 Å². The molecule has 0 aliphatic heterocycles. The Morgan fingerprint density at radius 1 is 1.33 bits per heavy atom. The largest absolute Gasteiger partial charge is 0.321 e. The van der Waals surface area contributed by atoms with Crippen molar-refractivity contribution in [2.45, 2.75) is 26.2 Å². The third kappa shape index (κ3) is 1.90. The van der Waals surface area contributed by atoms with E-state index in [9.17, 15) is 4.79 Å². The molecule has 0 spiro atoms. The quantitative estimate of drug-likeness (QED) is 0.848. The standard InChI is InChI=1S/C14H15N3O/c1-9-8-15-17-13(9)14(18)16-12-6-5-10-3-2-4-11(10)7-12/h5-8H,2-4H2,1H3,(H,15,17)(H,16,18). The fourth-order valence-electron chi connectivity index (χ4n) is 2.42. The highest BCUT2D eigenvalue weighted by atomic mass is 16.1. The first-order valence-electron chi connectivity index (χ1n) is 6.17. The summed E-state index contributed by atoms with van der Waals surface area (Å²) in [5.74, 6) is -0.136. The normalized spacial score (nSPS) is 13.4. The zero-order valence-electron chi connectivity index (χ0n) is 10.3. The van der Waals surface area contributed by atoms with Gasteiger partial charge in [0.25, 0.3) is 5.91 Å². The van der Waals surface area contributed by atoms with Crippen LogP contribution in [0.15, 0.2) is 24.4 Å². The minimum atomic E-state index is -0.136. The molecule has 0 radical (unpaired) electrons. The molecule has 2 N–H and O–H groups in total. The van der Waals surface area contributed by atoms with Gasteiger partial charge in [0, 0.05) is 5.69 Å². The van der Waals surface area contributed by atoms with Crippen molar-refractivity contribution < 1.29 is 4.79 Å². The average molecular weight is 241 g/mol. The number of hydrogen-bond donors (Lipinski definition) is 2. The van der Waals surface area contributed by atoms with Crippen molar-refractivity contribution in [1.82, 2.24) is 10.2 Å². The van der Waals surface area contributed by atoms with Crippen molar-refractivity contribution in [1.29, 1.82) is 0 Å². The van der Waals surface area contributed by atoms with E-state index in [0.717, 1.165) is 24.1 Å².